The minimum Gasteiger partial charge on any atom is -0.289 e. The Hall–Kier alpha value is -2.41. The average molecular weight is 288 g/mol. The van der Waals surface area contributed by atoms with Gasteiger partial charge < -0.3 is 0 Å². The van der Waals surface area contributed by atoms with Crippen molar-refractivity contribution in [2.75, 3.05) is 0 Å². The lowest BCUT2D eigenvalue weighted by Crippen LogP contribution is -1.96. The standard InChI is InChI=1S/C21H20O/c1-15-7-3-5-9-17(15)13-19-11-12-20(21(19)22)14-18-10-6-4-8-16(18)2/h3-10,13-14H,11-12H2,1-2H3/b19-13-,20-14+. The molecule has 0 heterocycles. The Labute approximate surface area is 132 Å². The fourth-order valence-electron chi connectivity index (χ4n) is 2.85. The number of carbonyl (C=O) groups excluding carboxylic acids is 1. The van der Waals surface area contributed by atoms with Crippen LogP contribution in [0.5, 0.6) is 0 Å². The van der Waals surface area contributed by atoms with E-state index in [2.05, 4.69) is 50.3 Å². The first-order valence-electron chi connectivity index (χ1n) is 7.72. The van der Waals surface area contributed by atoms with Crippen LogP contribution in [0.2, 0.25) is 0 Å². The largest absolute Gasteiger partial charge is 0.289 e. The first-order chi connectivity index (χ1) is 10.6. The summed E-state index contributed by atoms with van der Waals surface area (Å²) >= 11 is 0. The summed E-state index contributed by atoms with van der Waals surface area (Å²) < 4.78 is 0. The van der Waals surface area contributed by atoms with Crippen molar-refractivity contribution >= 4 is 17.9 Å². The van der Waals surface area contributed by atoms with E-state index in [0.29, 0.717) is 0 Å². The van der Waals surface area contributed by atoms with Gasteiger partial charge in [-0.05, 0) is 61.1 Å². The molecule has 0 atom stereocenters. The van der Waals surface area contributed by atoms with E-state index in [1.54, 1.807) is 0 Å². The molecule has 0 bridgehead atoms. The number of hydrogen-bond acceptors (Lipinski definition) is 1. The first-order valence-corrected chi connectivity index (χ1v) is 7.72. The highest BCUT2D eigenvalue weighted by atomic mass is 16.1. The van der Waals surface area contributed by atoms with Crippen molar-refractivity contribution in [2.45, 2.75) is 26.7 Å². The molecule has 1 aliphatic carbocycles. The number of hydrogen-bond donors (Lipinski definition) is 0. The van der Waals surface area contributed by atoms with Gasteiger partial charge in [0.2, 0.25) is 0 Å². The number of Topliss-reactive ketones (excluding diaryl/α,β-unsaturated/α-hetero) is 1. The third-order valence-corrected chi connectivity index (χ3v) is 4.28. The summed E-state index contributed by atoms with van der Waals surface area (Å²) in [6, 6.07) is 16.4. The Morgan fingerprint density at radius 2 is 1.14 bits per heavy atom. The molecule has 0 saturated heterocycles. The fourth-order valence-corrected chi connectivity index (χ4v) is 2.85. The Bertz CT molecular complexity index is 712. The van der Waals surface area contributed by atoms with Crippen LogP contribution in [0.3, 0.4) is 0 Å². The van der Waals surface area contributed by atoms with Gasteiger partial charge in [-0.3, -0.25) is 4.79 Å². The van der Waals surface area contributed by atoms with Gasteiger partial charge in [-0.15, -0.1) is 0 Å². The molecule has 3 rings (SSSR count). The SMILES string of the molecule is Cc1ccccc1/C=C1/CC/C(=C\c2ccccc2C)C1=O. The van der Waals surface area contributed by atoms with Crippen LogP contribution in [-0.2, 0) is 4.79 Å². The van der Waals surface area contributed by atoms with Gasteiger partial charge in [-0.25, -0.2) is 0 Å². The number of rotatable bonds is 2. The predicted molar refractivity (Wildman–Crippen MR) is 92.6 cm³/mol. The number of aryl methyl sites for hydroxylation is 2. The van der Waals surface area contributed by atoms with E-state index in [1.165, 1.54) is 11.1 Å². The molecule has 0 aliphatic heterocycles. The molecule has 2 aromatic carbocycles. The van der Waals surface area contributed by atoms with Crippen molar-refractivity contribution in [3.8, 4) is 0 Å². The molecule has 0 unspecified atom stereocenters. The maximum absolute atomic E-state index is 12.6. The second-order valence-electron chi connectivity index (χ2n) is 5.88. The zero-order valence-electron chi connectivity index (χ0n) is 13.1. The molecule has 0 radical (unpaired) electrons. The third-order valence-electron chi connectivity index (χ3n) is 4.28. The molecule has 0 aromatic heterocycles. The molecule has 0 N–H and O–H groups in total. The number of carbonyl (C=O) groups is 1. The second-order valence-corrected chi connectivity index (χ2v) is 5.88. The van der Waals surface area contributed by atoms with Crippen molar-refractivity contribution in [3.63, 3.8) is 0 Å². The molecule has 1 aliphatic rings. The average Bonchev–Trinajstić information content (AvgIpc) is 2.85. The highest BCUT2D eigenvalue weighted by Gasteiger charge is 2.23. The molecule has 0 amide bonds. The van der Waals surface area contributed by atoms with Gasteiger partial charge in [0.05, 0.1) is 0 Å². The quantitative estimate of drug-likeness (QED) is 0.700. The van der Waals surface area contributed by atoms with Crippen LogP contribution in [0.1, 0.15) is 35.1 Å². The zero-order chi connectivity index (χ0) is 15.5. The monoisotopic (exact) mass is 288 g/mol. The summed E-state index contributed by atoms with van der Waals surface area (Å²) in [5, 5.41) is 0. The van der Waals surface area contributed by atoms with Gasteiger partial charge >= 0.3 is 0 Å². The van der Waals surface area contributed by atoms with Gasteiger partial charge in [0.15, 0.2) is 5.78 Å². The van der Waals surface area contributed by atoms with Crippen molar-refractivity contribution in [2.24, 2.45) is 0 Å². The summed E-state index contributed by atoms with van der Waals surface area (Å²) in [5.74, 6) is 0.200. The normalized spacial score (nSPS) is 18.4. The van der Waals surface area contributed by atoms with Gasteiger partial charge in [0, 0.05) is 11.1 Å². The van der Waals surface area contributed by atoms with Crippen LogP contribution in [-0.4, -0.2) is 5.78 Å². The van der Waals surface area contributed by atoms with Crippen molar-refractivity contribution < 1.29 is 4.79 Å². The Morgan fingerprint density at radius 3 is 1.55 bits per heavy atom. The van der Waals surface area contributed by atoms with Gasteiger partial charge in [0.25, 0.3) is 0 Å². The molecule has 1 nitrogen and oxygen atoms in total. The molecule has 110 valence electrons. The number of allylic oxidation sites excluding steroid dienone is 2. The Balaban J connectivity index is 1.90. The van der Waals surface area contributed by atoms with Gasteiger partial charge in [-0.1, -0.05) is 48.5 Å². The first kappa shape index (κ1) is 14.5. The third kappa shape index (κ3) is 2.94. The van der Waals surface area contributed by atoms with E-state index in [4.69, 9.17) is 0 Å². The Morgan fingerprint density at radius 1 is 0.727 bits per heavy atom. The summed E-state index contributed by atoms with van der Waals surface area (Å²) in [6.07, 6.45) is 5.78. The molecule has 2 aromatic rings. The molecule has 0 spiro atoms. The summed E-state index contributed by atoms with van der Waals surface area (Å²) in [7, 11) is 0. The molecule has 1 saturated carbocycles. The number of ketones is 1. The molecule has 1 fully saturated rings. The highest BCUT2D eigenvalue weighted by Crippen LogP contribution is 2.30. The summed E-state index contributed by atoms with van der Waals surface area (Å²) in [4.78, 5) is 12.6. The van der Waals surface area contributed by atoms with Crippen LogP contribution in [0.25, 0.3) is 12.2 Å². The van der Waals surface area contributed by atoms with Crippen LogP contribution in [0.4, 0.5) is 0 Å². The predicted octanol–water partition coefficient (Wildman–Crippen LogP) is 5.13. The van der Waals surface area contributed by atoms with Crippen LogP contribution in [0.15, 0.2) is 59.7 Å². The van der Waals surface area contributed by atoms with Crippen LogP contribution >= 0.6 is 0 Å². The fraction of sp³-hybridized carbons (Fsp3) is 0.190. The van der Waals surface area contributed by atoms with E-state index >= 15 is 0 Å². The maximum Gasteiger partial charge on any atom is 0.185 e. The maximum atomic E-state index is 12.6. The van der Waals surface area contributed by atoms with Crippen LogP contribution in [0, 0.1) is 13.8 Å². The van der Waals surface area contributed by atoms with Gasteiger partial charge in [-0.2, -0.15) is 0 Å². The van der Waals surface area contributed by atoms with E-state index < -0.39 is 0 Å². The zero-order valence-corrected chi connectivity index (χ0v) is 13.1. The van der Waals surface area contributed by atoms with E-state index in [-0.39, 0.29) is 5.78 Å². The Kier molecular flexibility index (Phi) is 4.06. The van der Waals surface area contributed by atoms with E-state index in [0.717, 1.165) is 35.1 Å². The topological polar surface area (TPSA) is 17.1 Å². The smallest absolute Gasteiger partial charge is 0.185 e. The van der Waals surface area contributed by atoms with Crippen molar-refractivity contribution in [1.29, 1.82) is 0 Å². The van der Waals surface area contributed by atoms with E-state index in [9.17, 15) is 4.79 Å². The lowest BCUT2D eigenvalue weighted by Gasteiger charge is -2.02. The molecule has 22 heavy (non-hydrogen) atoms. The summed E-state index contributed by atoms with van der Waals surface area (Å²) in [6.45, 7) is 4.16. The van der Waals surface area contributed by atoms with Crippen molar-refractivity contribution in [3.05, 3.63) is 81.9 Å². The van der Waals surface area contributed by atoms with Gasteiger partial charge in [0.1, 0.15) is 0 Å². The van der Waals surface area contributed by atoms with Crippen molar-refractivity contribution in [1.82, 2.24) is 0 Å². The highest BCUT2D eigenvalue weighted by molar-refractivity contribution is 6.15. The minimum atomic E-state index is 0.200. The van der Waals surface area contributed by atoms with Crippen LogP contribution < -0.4 is 0 Å². The second kappa shape index (κ2) is 6.15. The minimum absolute atomic E-state index is 0.200. The molecule has 1 heteroatoms. The lowest BCUT2D eigenvalue weighted by atomic mass is 10.0. The number of benzene rings is 2. The summed E-state index contributed by atoms with van der Waals surface area (Å²) in [5.41, 5.74) is 6.55. The molecular formula is C21H20O. The lowest BCUT2D eigenvalue weighted by molar-refractivity contribution is -0.111. The van der Waals surface area contributed by atoms with E-state index in [1.807, 2.05) is 24.3 Å². The molecular weight excluding hydrogens is 268 g/mol.